The Hall–Kier alpha value is -2.64. The predicted molar refractivity (Wildman–Crippen MR) is 125 cm³/mol. The number of para-hydroxylation sites is 1. The van der Waals surface area contributed by atoms with Gasteiger partial charge in [-0.3, -0.25) is 9.10 Å². The minimum atomic E-state index is -3.78. The molecule has 1 saturated heterocycles. The highest BCUT2D eigenvalue weighted by molar-refractivity contribution is 7.92. The Balaban J connectivity index is 1.56. The molecule has 162 valence electrons. The van der Waals surface area contributed by atoms with Crippen molar-refractivity contribution in [2.24, 2.45) is 0 Å². The van der Waals surface area contributed by atoms with E-state index >= 15 is 0 Å². The molecule has 31 heavy (non-hydrogen) atoms. The lowest BCUT2D eigenvalue weighted by atomic mass is 10.2. The highest BCUT2D eigenvalue weighted by atomic mass is 32.2. The third kappa shape index (κ3) is 4.67. The average Bonchev–Trinajstić information content (AvgIpc) is 3.46. The van der Waals surface area contributed by atoms with Crippen LogP contribution in [0.15, 0.2) is 77.0 Å². The lowest BCUT2D eigenvalue weighted by molar-refractivity contribution is -0.131. The van der Waals surface area contributed by atoms with Crippen LogP contribution in [-0.2, 0) is 14.8 Å². The first-order valence-electron chi connectivity index (χ1n) is 10.4. The van der Waals surface area contributed by atoms with Gasteiger partial charge in [-0.05, 0) is 55.5 Å². The molecule has 2 heterocycles. The SMILES string of the molecule is Cc1ccc(S(=O)(=O)N(CCC(=O)N2CCCC2c2cccs2)c2ccccc2)cc1. The molecule has 0 spiro atoms. The van der Waals surface area contributed by atoms with Crippen LogP contribution in [0.1, 0.15) is 35.7 Å². The summed E-state index contributed by atoms with van der Waals surface area (Å²) in [6.45, 7) is 2.74. The third-order valence-corrected chi connectivity index (χ3v) is 8.44. The second-order valence-electron chi connectivity index (χ2n) is 7.74. The van der Waals surface area contributed by atoms with Gasteiger partial charge in [0.15, 0.2) is 0 Å². The molecule has 1 amide bonds. The van der Waals surface area contributed by atoms with Crippen molar-refractivity contribution in [2.75, 3.05) is 17.4 Å². The van der Waals surface area contributed by atoms with E-state index < -0.39 is 10.0 Å². The Labute approximate surface area is 188 Å². The van der Waals surface area contributed by atoms with Crippen molar-refractivity contribution in [3.63, 3.8) is 0 Å². The van der Waals surface area contributed by atoms with Crippen molar-refractivity contribution in [1.82, 2.24) is 4.90 Å². The van der Waals surface area contributed by atoms with Crippen LogP contribution in [0, 0.1) is 6.92 Å². The van der Waals surface area contributed by atoms with Gasteiger partial charge in [0.2, 0.25) is 5.91 Å². The van der Waals surface area contributed by atoms with Gasteiger partial charge in [0, 0.05) is 24.4 Å². The minimum absolute atomic E-state index is 0.00376. The number of sulfonamides is 1. The molecule has 1 atom stereocenters. The molecule has 5 nitrogen and oxygen atoms in total. The smallest absolute Gasteiger partial charge is 0.264 e. The first-order chi connectivity index (χ1) is 15.0. The molecular weight excluding hydrogens is 428 g/mol. The number of carbonyl (C=O) groups excluding carboxylic acids is 1. The Bertz CT molecular complexity index is 1110. The van der Waals surface area contributed by atoms with Crippen LogP contribution >= 0.6 is 11.3 Å². The van der Waals surface area contributed by atoms with Crippen LogP contribution < -0.4 is 4.31 Å². The molecule has 0 saturated carbocycles. The summed E-state index contributed by atoms with van der Waals surface area (Å²) < 4.78 is 28.2. The summed E-state index contributed by atoms with van der Waals surface area (Å²) in [6.07, 6.45) is 2.07. The van der Waals surface area contributed by atoms with E-state index in [1.807, 2.05) is 41.5 Å². The van der Waals surface area contributed by atoms with Crippen LogP contribution in [0.2, 0.25) is 0 Å². The topological polar surface area (TPSA) is 57.7 Å². The Morgan fingerprint density at radius 1 is 1.06 bits per heavy atom. The summed E-state index contributed by atoms with van der Waals surface area (Å²) in [4.78, 5) is 16.4. The first kappa shape index (κ1) is 21.6. The number of thiophene rings is 1. The predicted octanol–water partition coefficient (Wildman–Crippen LogP) is 5.01. The lowest BCUT2D eigenvalue weighted by Crippen LogP contribution is -2.37. The van der Waals surface area contributed by atoms with Gasteiger partial charge in [0.1, 0.15) is 0 Å². The number of nitrogens with zero attached hydrogens (tertiary/aromatic N) is 2. The van der Waals surface area contributed by atoms with Crippen LogP contribution in [0.5, 0.6) is 0 Å². The Kier molecular flexibility index (Phi) is 6.43. The Morgan fingerprint density at radius 2 is 1.81 bits per heavy atom. The highest BCUT2D eigenvalue weighted by Crippen LogP contribution is 2.35. The van der Waals surface area contributed by atoms with Crippen molar-refractivity contribution in [1.29, 1.82) is 0 Å². The maximum atomic E-state index is 13.4. The van der Waals surface area contributed by atoms with E-state index in [0.717, 1.165) is 24.9 Å². The summed E-state index contributed by atoms with van der Waals surface area (Å²) in [5.41, 5.74) is 1.56. The molecule has 4 rings (SSSR count). The fourth-order valence-electron chi connectivity index (χ4n) is 4.00. The van der Waals surface area contributed by atoms with Gasteiger partial charge < -0.3 is 4.90 Å². The number of hydrogen-bond donors (Lipinski definition) is 0. The fourth-order valence-corrected chi connectivity index (χ4v) is 6.34. The van der Waals surface area contributed by atoms with E-state index in [2.05, 4.69) is 6.07 Å². The quantitative estimate of drug-likeness (QED) is 0.504. The summed E-state index contributed by atoms with van der Waals surface area (Å²) >= 11 is 1.67. The zero-order chi connectivity index (χ0) is 21.8. The third-order valence-electron chi connectivity index (χ3n) is 5.63. The first-order valence-corrected chi connectivity index (χ1v) is 12.8. The molecule has 0 bridgehead atoms. The number of amides is 1. The van der Waals surface area contributed by atoms with Crippen molar-refractivity contribution in [3.8, 4) is 0 Å². The van der Waals surface area contributed by atoms with E-state index in [1.165, 1.54) is 9.18 Å². The summed E-state index contributed by atoms with van der Waals surface area (Å²) in [5, 5.41) is 2.03. The number of rotatable bonds is 7. The molecule has 0 aliphatic carbocycles. The van der Waals surface area contributed by atoms with Gasteiger partial charge in [-0.2, -0.15) is 0 Å². The summed E-state index contributed by atoms with van der Waals surface area (Å²) in [7, 11) is -3.78. The number of carbonyl (C=O) groups is 1. The normalized spacial score (nSPS) is 16.4. The van der Waals surface area contributed by atoms with Gasteiger partial charge >= 0.3 is 0 Å². The second kappa shape index (κ2) is 9.24. The molecule has 1 fully saturated rings. The number of likely N-dealkylation sites (tertiary alicyclic amines) is 1. The van der Waals surface area contributed by atoms with E-state index in [0.29, 0.717) is 5.69 Å². The monoisotopic (exact) mass is 454 g/mol. The molecule has 2 aromatic carbocycles. The maximum Gasteiger partial charge on any atom is 0.264 e. The van der Waals surface area contributed by atoms with Crippen molar-refractivity contribution in [2.45, 2.75) is 37.1 Å². The van der Waals surface area contributed by atoms with E-state index in [-0.39, 0.29) is 29.8 Å². The van der Waals surface area contributed by atoms with Crippen molar-refractivity contribution >= 4 is 33.0 Å². The molecule has 0 radical (unpaired) electrons. The van der Waals surface area contributed by atoms with Gasteiger partial charge in [-0.1, -0.05) is 42.0 Å². The van der Waals surface area contributed by atoms with Crippen LogP contribution in [0.3, 0.4) is 0 Å². The molecule has 0 N–H and O–H groups in total. The number of anilines is 1. The maximum absolute atomic E-state index is 13.4. The van der Waals surface area contributed by atoms with Crippen molar-refractivity contribution in [3.05, 3.63) is 82.6 Å². The van der Waals surface area contributed by atoms with Crippen LogP contribution in [-0.4, -0.2) is 32.3 Å². The standard InChI is InChI=1S/C24H26N2O3S2/c1-19-11-13-21(14-12-19)31(28,29)26(20-7-3-2-4-8-20)17-15-24(27)25-16-5-9-22(25)23-10-6-18-30-23/h2-4,6-8,10-14,18,22H,5,9,15-17H2,1H3. The fraction of sp³-hybridized carbons (Fsp3) is 0.292. The highest BCUT2D eigenvalue weighted by Gasteiger charge is 2.32. The van der Waals surface area contributed by atoms with Gasteiger partial charge in [-0.15, -0.1) is 11.3 Å². The minimum Gasteiger partial charge on any atom is -0.335 e. The molecule has 7 heteroatoms. The van der Waals surface area contributed by atoms with E-state index in [4.69, 9.17) is 0 Å². The van der Waals surface area contributed by atoms with Gasteiger partial charge in [0.25, 0.3) is 10.0 Å². The molecular formula is C24H26N2O3S2. The van der Waals surface area contributed by atoms with E-state index in [9.17, 15) is 13.2 Å². The number of hydrogen-bond acceptors (Lipinski definition) is 4. The molecule has 1 aliphatic heterocycles. The molecule has 1 unspecified atom stereocenters. The number of benzene rings is 2. The van der Waals surface area contributed by atoms with Crippen LogP contribution in [0.25, 0.3) is 0 Å². The second-order valence-corrected chi connectivity index (χ2v) is 10.6. The van der Waals surface area contributed by atoms with E-state index in [1.54, 1.807) is 47.7 Å². The summed E-state index contributed by atoms with van der Waals surface area (Å²) in [5.74, 6) is -0.00376. The average molecular weight is 455 g/mol. The van der Waals surface area contributed by atoms with Gasteiger partial charge in [-0.25, -0.2) is 8.42 Å². The molecule has 3 aromatic rings. The number of aryl methyl sites for hydroxylation is 1. The Morgan fingerprint density at radius 3 is 2.48 bits per heavy atom. The zero-order valence-corrected chi connectivity index (χ0v) is 19.1. The van der Waals surface area contributed by atoms with Crippen LogP contribution in [0.4, 0.5) is 5.69 Å². The largest absolute Gasteiger partial charge is 0.335 e. The molecule has 1 aromatic heterocycles. The zero-order valence-electron chi connectivity index (χ0n) is 17.5. The summed E-state index contributed by atoms with van der Waals surface area (Å²) in [6, 6.07) is 20.0. The molecule has 1 aliphatic rings. The van der Waals surface area contributed by atoms with Crippen molar-refractivity contribution < 1.29 is 13.2 Å². The van der Waals surface area contributed by atoms with Gasteiger partial charge in [0.05, 0.1) is 16.6 Å². The lowest BCUT2D eigenvalue weighted by Gasteiger charge is -2.27.